The summed E-state index contributed by atoms with van der Waals surface area (Å²) in [5.74, 6) is -1.24. The quantitative estimate of drug-likeness (QED) is 0.531. The molecular formula is C23H26FNO4. The molecule has 1 atom stereocenters. The Morgan fingerprint density at radius 2 is 1.90 bits per heavy atom. The second kappa shape index (κ2) is 10.1. The molecule has 0 aliphatic carbocycles. The number of pyridine rings is 1. The van der Waals surface area contributed by atoms with E-state index in [1.165, 1.54) is 25.3 Å². The third-order valence-electron chi connectivity index (χ3n) is 4.41. The standard InChI is InChI=1S/C23H26FNO4/c1-14(2)23-20(10-9-18(26)12-19(27)13-22(28)29-4)21(11-15(3)25-23)16-5-7-17(24)8-6-16/h5-11,14,18,26H,12-13H2,1-4H3/b10-9+. The Labute approximate surface area is 170 Å². The van der Waals surface area contributed by atoms with Crippen molar-refractivity contribution in [2.75, 3.05) is 7.11 Å². The Bertz CT molecular complexity index is 904. The van der Waals surface area contributed by atoms with Crippen LogP contribution >= 0.6 is 0 Å². The Morgan fingerprint density at radius 1 is 1.24 bits per heavy atom. The highest BCUT2D eigenvalue weighted by molar-refractivity contribution is 5.95. The zero-order chi connectivity index (χ0) is 21.6. The maximum absolute atomic E-state index is 13.4. The van der Waals surface area contributed by atoms with Crippen molar-refractivity contribution in [3.63, 3.8) is 0 Å². The lowest BCUT2D eigenvalue weighted by atomic mass is 9.93. The molecule has 2 aromatic rings. The summed E-state index contributed by atoms with van der Waals surface area (Å²) in [6.07, 6.45) is 1.64. The molecule has 154 valence electrons. The van der Waals surface area contributed by atoms with Gasteiger partial charge < -0.3 is 9.84 Å². The summed E-state index contributed by atoms with van der Waals surface area (Å²) >= 11 is 0. The van der Waals surface area contributed by atoms with E-state index in [1.807, 2.05) is 26.8 Å². The van der Waals surface area contributed by atoms with Crippen LogP contribution in [-0.2, 0) is 14.3 Å². The van der Waals surface area contributed by atoms with Crippen LogP contribution in [-0.4, -0.2) is 35.1 Å². The second-order valence-corrected chi connectivity index (χ2v) is 7.19. The van der Waals surface area contributed by atoms with Gasteiger partial charge in [-0.2, -0.15) is 0 Å². The van der Waals surface area contributed by atoms with Crippen LogP contribution < -0.4 is 0 Å². The first-order valence-electron chi connectivity index (χ1n) is 9.43. The molecule has 0 fully saturated rings. The number of esters is 1. The van der Waals surface area contributed by atoms with E-state index in [4.69, 9.17) is 0 Å². The monoisotopic (exact) mass is 399 g/mol. The number of aliphatic hydroxyl groups excluding tert-OH is 1. The lowest BCUT2D eigenvalue weighted by molar-refractivity contribution is -0.143. The number of halogens is 1. The topological polar surface area (TPSA) is 76.5 Å². The van der Waals surface area contributed by atoms with E-state index in [0.29, 0.717) is 0 Å². The maximum atomic E-state index is 13.4. The van der Waals surface area contributed by atoms with E-state index in [2.05, 4.69) is 9.72 Å². The summed E-state index contributed by atoms with van der Waals surface area (Å²) in [6, 6.07) is 8.10. The number of ketones is 1. The number of carbonyl (C=O) groups is 2. The van der Waals surface area contributed by atoms with Gasteiger partial charge in [0.15, 0.2) is 0 Å². The summed E-state index contributed by atoms with van der Waals surface area (Å²) < 4.78 is 17.8. The molecule has 0 amide bonds. The number of hydrogen-bond donors (Lipinski definition) is 1. The lowest BCUT2D eigenvalue weighted by Crippen LogP contribution is -2.15. The van der Waals surface area contributed by atoms with Gasteiger partial charge in [0.2, 0.25) is 0 Å². The number of methoxy groups -OCH3 is 1. The van der Waals surface area contributed by atoms with Crippen LogP contribution in [0.2, 0.25) is 0 Å². The smallest absolute Gasteiger partial charge is 0.313 e. The highest BCUT2D eigenvalue weighted by Crippen LogP contribution is 2.31. The van der Waals surface area contributed by atoms with Crippen molar-refractivity contribution in [1.29, 1.82) is 0 Å². The molecule has 1 unspecified atom stereocenters. The summed E-state index contributed by atoms with van der Waals surface area (Å²) in [4.78, 5) is 27.6. The van der Waals surface area contributed by atoms with E-state index in [0.717, 1.165) is 28.1 Å². The van der Waals surface area contributed by atoms with Crippen LogP contribution in [0.3, 0.4) is 0 Å². The summed E-state index contributed by atoms with van der Waals surface area (Å²) in [5.41, 5.74) is 4.17. The Balaban J connectivity index is 2.37. The van der Waals surface area contributed by atoms with Crippen LogP contribution in [0.1, 0.15) is 49.6 Å². The molecule has 1 aromatic heterocycles. The van der Waals surface area contributed by atoms with Crippen molar-refractivity contribution in [1.82, 2.24) is 4.98 Å². The molecule has 1 aromatic carbocycles. The maximum Gasteiger partial charge on any atom is 0.313 e. The third kappa shape index (κ3) is 6.32. The van der Waals surface area contributed by atoms with Crippen molar-refractivity contribution in [2.45, 2.75) is 45.6 Å². The van der Waals surface area contributed by atoms with Gasteiger partial charge >= 0.3 is 5.97 Å². The predicted octanol–water partition coefficient (Wildman–Crippen LogP) is 4.22. The van der Waals surface area contributed by atoms with Crippen molar-refractivity contribution >= 4 is 17.8 Å². The summed E-state index contributed by atoms with van der Waals surface area (Å²) in [6.45, 7) is 5.93. The molecule has 0 radical (unpaired) electrons. The summed E-state index contributed by atoms with van der Waals surface area (Å²) in [7, 11) is 1.21. The van der Waals surface area contributed by atoms with E-state index in [9.17, 15) is 19.1 Å². The third-order valence-corrected chi connectivity index (χ3v) is 4.41. The largest absolute Gasteiger partial charge is 0.469 e. The fraction of sp³-hybridized carbons (Fsp3) is 0.348. The molecule has 1 N–H and O–H groups in total. The molecule has 0 aliphatic rings. The van der Waals surface area contributed by atoms with Gasteiger partial charge in [0.25, 0.3) is 0 Å². The molecule has 0 saturated heterocycles. The molecule has 6 heteroatoms. The average Bonchev–Trinajstić information content (AvgIpc) is 2.66. The first kappa shape index (κ1) is 22.4. The first-order valence-corrected chi connectivity index (χ1v) is 9.43. The van der Waals surface area contributed by atoms with Crippen molar-refractivity contribution < 1.29 is 23.8 Å². The van der Waals surface area contributed by atoms with E-state index in [1.54, 1.807) is 18.2 Å². The van der Waals surface area contributed by atoms with Crippen molar-refractivity contribution in [3.05, 3.63) is 59.2 Å². The number of aliphatic hydroxyl groups is 1. The number of nitrogens with zero attached hydrogens (tertiary/aromatic N) is 1. The Hall–Kier alpha value is -2.86. The number of hydrogen-bond acceptors (Lipinski definition) is 5. The molecular weight excluding hydrogens is 373 g/mol. The Morgan fingerprint density at radius 3 is 2.48 bits per heavy atom. The van der Waals surface area contributed by atoms with Gasteiger partial charge in [-0.3, -0.25) is 14.6 Å². The van der Waals surface area contributed by atoms with E-state index >= 15 is 0 Å². The molecule has 0 spiro atoms. The van der Waals surface area contributed by atoms with Crippen LogP contribution in [0.15, 0.2) is 36.4 Å². The zero-order valence-electron chi connectivity index (χ0n) is 17.1. The fourth-order valence-corrected chi connectivity index (χ4v) is 3.00. The van der Waals surface area contributed by atoms with Gasteiger partial charge in [0, 0.05) is 17.7 Å². The van der Waals surface area contributed by atoms with E-state index < -0.39 is 17.9 Å². The molecule has 2 rings (SSSR count). The normalized spacial score (nSPS) is 12.4. The fourth-order valence-electron chi connectivity index (χ4n) is 3.00. The zero-order valence-corrected chi connectivity index (χ0v) is 17.1. The number of aryl methyl sites for hydroxylation is 1. The van der Waals surface area contributed by atoms with Crippen LogP contribution in [0, 0.1) is 12.7 Å². The minimum Gasteiger partial charge on any atom is -0.469 e. The van der Waals surface area contributed by atoms with Gasteiger partial charge in [-0.25, -0.2) is 4.39 Å². The van der Waals surface area contributed by atoms with E-state index in [-0.39, 0.29) is 24.6 Å². The minimum atomic E-state index is -1.05. The van der Waals surface area contributed by atoms with Crippen LogP contribution in [0.4, 0.5) is 4.39 Å². The number of ether oxygens (including phenoxy) is 1. The van der Waals surface area contributed by atoms with Crippen LogP contribution in [0.25, 0.3) is 17.2 Å². The summed E-state index contributed by atoms with van der Waals surface area (Å²) in [5, 5.41) is 10.2. The van der Waals surface area contributed by atoms with Crippen LogP contribution in [0.5, 0.6) is 0 Å². The lowest BCUT2D eigenvalue weighted by Gasteiger charge is -2.16. The molecule has 0 saturated carbocycles. The van der Waals surface area contributed by atoms with Gasteiger partial charge in [0.05, 0.1) is 18.9 Å². The van der Waals surface area contributed by atoms with Gasteiger partial charge in [0.1, 0.15) is 18.0 Å². The second-order valence-electron chi connectivity index (χ2n) is 7.19. The Kier molecular flexibility index (Phi) is 7.79. The number of Topliss-reactive ketones (excluding diaryl/α,β-unsaturated/α-hetero) is 1. The van der Waals surface area contributed by atoms with Crippen molar-refractivity contribution in [2.24, 2.45) is 0 Å². The van der Waals surface area contributed by atoms with Gasteiger partial charge in [-0.15, -0.1) is 0 Å². The SMILES string of the molecule is COC(=O)CC(=O)CC(O)/C=C/c1c(-c2ccc(F)cc2)cc(C)nc1C(C)C. The average molecular weight is 399 g/mol. The molecule has 0 bridgehead atoms. The minimum absolute atomic E-state index is 0.117. The number of carbonyl (C=O) groups excluding carboxylic acids is 2. The number of rotatable bonds is 8. The number of benzene rings is 1. The highest BCUT2D eigenvalue weighted by atomic mass is 19.1. The molecule has 29 heavy (non-hydrogen) atoms. The predicted molar refractivity (Wildman–Crippen MR) is 110 cm³/mol. The van der Waals surface area contributed by atoms with Gasteiger partial charge in [-0.1, -0.05) is 38.1 Å². The van der Waals surface area contributed by atoms with Crippen molar-refractivity contribution in [3.8, 4) is 11.1 Å². The molecule has 1 heterocycles. The molecule has 0 aliphatic heterocycles. The number of aromatic nitrogens is 1. The first-order chi connectivity index (χ1) is 13.7. The van der Waals surface area contributed by atoms with Gasteiger partial charge in [-0.05, 0) is 42.2 Å². The highest BCUT2D eigenvalue weighted by Gasteiger charge is 2.16. The molecule has 5 nitrogen and oxygen atoms in total.